The van der Waals surface area contributed by atoms with Crippen LogP contribution in [0.5, 0.6) is 0 Å². The average Bonchev–Trinajstić information content (AvgIpc) is 2.98. The topological polar surface area (TPSA) is 84.3 Å². The largest absolute Gasteiger partial charge is 0.373 e. The minimum absolute atomic E-state index is 0.00692. The Morgan fingerprint density at radius 1 is 1.31 bits per heavy atom. The summed E-state index contributed by atoms with van der Waals surface area (Å²) in [5, 5.41) is 7.64. The van der Waals surface area contributed by atoms with Gasteiger partial charge >= 0.3 is 0 Å². The Morgan fingerprint density at radius 3 is 2.73 bits per heavy atom. The molecule has 7 nitrogen and oxygen atoms in total. The van der Waals surface area contributed by atoms with Crippen molar-refractivity contribution in [3.63, 3.8) is 0 Å². The van der Waals surface area contributed by atoms with Crippen LogP contribution in [0.15, 0.2) is 30.5 Å². The van der Waals surface area contributed by atoms with E-state index in [4.69, 9.17) is 0 Å². The number of carbonyl (C=O) groups is 1. The van der Waals surface area contributed by atoms with E-state index in [1.165, 1.54) is 6.26 Å². The lowest BCUT2D eigenvalue weighted by molar-refractivity contribution is -0.120. The fourth-order valence-electron chi connectivity index (χ4n) is 3.25. The van der Waals surface area contributed by atoms with Crippen LogP contribution in [0, 0.1) is 6.92 Å². The molecule has 1 aromatic heterocycles. The molecule has 2 aromatic rings. The number of nitrogens with one attached hydrogen (secondary N) is 1. The Kier molecular flexibility index (Phi) is 5.04. The highest BCUT2D eigenvalue weighted by molar-refractivity contribution is 7.89. The molecule has 1 amide bonds. The number of carbonyl (C=O) groups excluding carboxylic acids is 1. The van der Waals surface area contributed by atoms with Crippen molar-refractivity contribution in [1.82, 2.24) is 9.78 Å². The second-order valence-electron chi connectivity index (χ2n) is 6.84. The van der Waals surface area contributed by atoms with Crippen LogP contribution in [-0.2, 0) is 27.4 Å². The smallest absolute Gasteiger partial charge is 0.250 e. The maximum Gasteiger partial charge on any atom is 0.250 e. The molecule has 3 rings (SSSR count). The van der Waals surface area contributed by atoms with Crippen LogP contribution in [0.3, 0.4) is 0 Å². The highest BCUT2D eigenvalue weighted by Gasteiger charge is 2.31. The first-order valence-electron chi connectivity index (χ1n) is 8.58. The summed E-state index contributed by atoms with van der Waals surface area (Å²) in [4.78, 5) is 14.6. The van der Waals surface area contributed by atoms with Gasteiger partial charge in [0, 0.05) is 37.8 Å². The van der Waals surface area contributed by atoms with Gasteiger partial charge in [0.1, 0.15) is 6.04 Å². The molecule has 1 atom stereocenters. The maximum absolute atomic E-state index is 12.9. The number of aromatic nitrogens is 2. The normalized spacial score (nSPS) is 18.2. The fourth-order valence-corrected chi connectivity index (χ4v) is 4.13. The van der Waals surface area contributed by atoms with Crippen molar-refractivity contribution in [2.24, 2.45) is 7.05 Å². The second-order valence-corrected chi connectivity index (χ2v) is 8.98. The number of sulfone groups is 1. The first kappa shape index (κ1) is 18.4. The van der Waals surface area contributed by atoms with E-state index >= 15 is 0 Å². The molecule has 1 aliphatic rings. The highest BCUT2D eigenvalue weighted by atomic mass is 32.2. The molecule has 1 fully saturated rings. The molecule has 0 bridgehead atoms. The number of benzene rings is 1. The molecule has 0 aliphatic carbocycles. The number of piperidine rings is 1. The lowest BCUT2D eigenvalue weighted by Crippen LogP contribution is -2.48. The number of hydrogen-bond acceptors (Lipinski definition) is 5. The summed E-state index contributed by atoms with van der Waals surface area (Å²) in [5.74, 6) is 0.641. The molecular formula is C18H24N4O3S. The Morgan fingerprint density at radius 2 is 2.08 bits per heavy atom. The molecule has 8 heteroatoms. The summed E-state index contributed by atoms with van der Waals surface area (Å²) in [6.07, 6.45) is 4.65. The summed E-state index contributed by atoms with van der Waals surface area (Å²) in [7, 11) is -1.29. The summed E-state index contributed by atoms with van der Waals surface area (Å²) in [6.45, 7) is 2.54. The summed E-state index contributed by atoms with van der Waals surface area (Å²) in [5.41, 5.74) is 2.41. The fraction of sp³-hybridized carbons (Fsp3) is 0.444. The standard InChI is InChI=1S/C18H24N4O3S/c1-13-14(12-26(3,24)25)6-4-7-15(13)19-16-8-5-10-22(18(16)23)17-9-11-21(2)20-17/h4,6-7,9,11,16,19H,5,8,10,12H2,1-3H3/t16-/m1/s1. The predicted octanol–water partition coefficient (Wildman–Crippen LogP) is 1.88. The molecule has 26 heavy (non-hydrogen) atoms. The number of amides is 1. The van der Waals surface area contributed by atoms with Crippen molar-refractivity contribution in [3.8, 4) is 0 Å². The van der Waals surface area contributed by atoms with Crippen molar-refractivity contribution < 1.29 is 13.2 Å². The molecular weight excluding hydrogens is 352 g/mol. The highest BCUT2D eigenvalue weighted by Crippen LogP contribution is 2.25. The number of aryl methyl sites for hydroxylation is 1. The molecule has 140 valence electrons. The molecule has 0 unspecified atom stereocenters. The third kappa shape index (κ3) is 4.07. The van der Waals surface area contributed by atoms with Gasteiger partial charge in [0.05, 0.1) is 5.75 Å². The van der Waals surface area contributed by atoms with Gasteiger partial charge in [-0.05, 0) is 37.0 Å². The zero-order chi connectivity index (χ0) is 18.9. The van der Waals surface area contributed by atoms with Gasteiger partial charge in [-0.1, -0.05) is 12.1 Å². The Bertz CT molecular complexity index is 920. The van der Waals surface area contributed by atoms with E-state index in [0.29, 0.717) is 12.4 Å². The SMILES string of the molecule is Cc1c(CS(C)(=O)=O)cccc1N[C@@H]1CCCN(c2ccn(C)n2)C1=O. The zero-order valence-electron chi connectivity index (χ0n) is 15.3. The summed E-state index contributed by atoms with van der Waals surface area (Å²) >= 11 is 0. The van der Waals surface area contributed by atoms with Gasteiger partial charge in [0.15, 0.2) is 15.7 Å². The molecule has 2 heterocycles. The van der Waals surface area contributed by atoms with E-state index in [1.54, 1.807) is 9.58 Å². The molecule has 0 spiro atoms. The molecule has 0 radical (unpaired) electrons. The van der Waals surface area contributed by atoms with Gasteiger partial charge in [-0.15, -0.1) is 0 Å². The van der Waals surface area contributed by atoms with E-state index in [9.17, 15) is 13.2 Å². The van der Waals surface area contributed by atoms with E-state index in [2.05, 4.69) is 10.4 Å². The van der Waals surface area contributed by atoms with Crippen molar-refractivity contribution in [2.75, 3.05) is 23.0 Å². The monoisotopic (exact) mass is 376 g/mol. The first-order valence-corrected chi connectivity index (χ1v) is 10.6. The summed E-state index contributed by atoms with van der Waals surface area (Å²) < 4.78 is 24.9. The van der Waals surface area contributed by atoms with Crippen LogP contribution in [0.25, 0.3) is 0 Å². The quantitative estimate of drug-likeness (QED) is 0.861. The third-order valence-electron chi connectivity index (χ3n) is 4.61. The van der Waals surface area contributed by atoms with Crippen molar-refractivity contribution in [2.45, 2.75) is 31.6 Å². The predicted molar refractivity (Wildman–Crippen MR) is 102 cm³/mol. The minimum Gasteiger partial charge on any atom is -0.373 e. The van der Waals surface area contributed by atoms with Crippen LogP contribution in [0.2, 0.25) is 0 Å². The Labute approximate surface area is 153 Å². The van der Waals surface area contributed by atoms with E-state index in [1.807, 2.05) is 44.4 Å². The second kappa shape index (κ2) is 7.11. The van der Waals surface area contributed by atoms with Gasteiger partial charge < -0.3 is 5.32 Å². The average molecular weight is 376 g/mol. The first-order chi connectivity index (χ1) is 12.2. The van der Waals surface area contributed by atoms with Gasteiger partial charge in [0.25, 0.3) is 5.91 Å². The lowest BCUT2D eigenvalue weighted by atomic mass is 10.0. The molecule has 1 aliphatic heterocycles. The minimum atomic E-state index is -3.12. The van der Waals surface area contributed by atoms with Crippen LogP contribution in [0.4, 0.5) is 11.5 Å². The number of hydrogen-bond donors (Lipinski definition) is 1. The molecule has 1 N–H and O–H groups in total. The zero-order valence-corrected chi connectivity index (χ0v) is 16.1. The van der Waals surface area contributed by atoms with E-state index < -0.39 is 9.84 Å². The number of nitrogens with zero attached hydrogens (tertiary/aromatic N) is 3. The van der Waals surface area contributed by atoms with Crippen LogP contribution in [-0.4, -0.2) is 42.9 Å². The number of anilines is 2. The van der Waals surface area contributed by atoms with Crippen molar-refractivity contribution in [3.05, 3.63) is 41.6 Å². The van der Waals surface area contributed by atoms with Gasteiger partial charge in [-0.3, -0.25) is 14.4 Å². The third-order valence-corrected chi connectivity index (χ3v) is 5.44. The molecule has 1 aromatic carbocycles. The summed E-state index contributed by atoms with van der Waals surface area (Å²) in [6, 6.07) is 6.99. The Hall–Kier alpha value is -2.35. The number of rotatable bonds is 5. The van der Waals surface area contributed by atoms with E-state index in [0.717, 1.165) is 29.7 Å². The van der Waals surface area contributed by atoms with Crippen LogP contribution < -0.4 is 10.2 Å². The van der Waals surface area contributed by atoms with Gasteiger partial charge in [-0.2, -0.15) is 5.10 Å². The van der Waals surface area contributed by atoms with Gasteiger partial charge in [-0.25, -0.2) is 8.42 Å². The van der Waals surface area contributed by atoms with Gasteiger partial charge in [0.2, 0.25) is 0 Å². The maximum atomic E-state index is 12.9. The molecule has 1 saturated heterocycles. The Balaban J connectivity index is 1.80. The van der Waals surface area contributed by atoms with Crippen molar-refractivity contribution in [1.29, 1.82) is 0 Å². The van der Waals surface area contributed by atoms with Crippen molar-refractivity contribution >= 4 is 27.2 Å². The lowest BCUT2D eigenvalue weighted by Gasteiger charge is -2.32. The molecule has 0 saturated carbocycles. The van der Waals surface area contributed by atoms with Crippen LogP contribution >= 0.6 is 0 Å². The van der Waals surface area contributed by atoms with Crippen LogP contribution in [0.1, 0.15) is 24.0 Å². The van der Waals surface area contributed by atoms with E-state index in [-0.39, 0.29) is 17.7 Å².